The van der Waals surface area contributed by atoms with Crippen LogP contribution in [-0.4, -0.2) is 38.9 Å². The number of carbonyl (C=O) groups excluding carboxylic acids is 1. The molecule has 5 nitrogen and oxygen atoms in total. The quantitative estimate of drug-likeness (QED) is 0.683. The molecule has 31 heavy (non-hydrogen) atoms. The van der Waals surface area contributed by atoms with Crippen molar-refractivity contribution >= 4 is 16.9 Å². The van der Waals surface area contributed by atoms with Crippen LogP contribution in [0.2, 0.25) is 0 Å². The molecule has 1 amide bonds. The summed E-state index contributed by atoms with van der Waals surface area (Å²) >= 11 is 0. The minimum absolute atomic E-state index is 0.0575. The zero-order valence-electron chi connectivity index (χ0n) is 17.4. The standard InChI is InChI=1S/C23H27F3N4O/c24-23(25,26)17-1-2-20-19(10-17)27-28-30(20)18-3-5-29(6-4-18)21(31)22-11-14-7-15(12-22)9-16(8-14)13-22/h1-2,10,14-16,18H,3-9,11-13H2. The number of rotatable bonds is 2. The molecule has 7 rings (SSSR count). The lowest BCUT2D eigenvalue weighted by Crippen LogP contribution is -2.55. The van der Waals surface area contributed by atoms with E-state index in [0.717, 1.165) is 62.0 Å². The fourth-order valence-electron chi connectivity index (χ4n) is 7.41. The Labute approximate surface area is 179 Å². The second-order valence-corrected chi connectivity index (χ2v) is 10.5. The smallest absolute Gasteiger partial charge is 0.342 e. The summed E-state index contributed by atoms with van der Waals surface area (Å²) in [4.78, 5) is 15.6. The average Bonchev–Trinajstić information content (AvgIpc) is 3.15. The van der Waals surface area contributed by atoms with Crippen molar-refractivity contribution in [2.75, 3.05) is 13.1 Å². The van der Waals surface area contributed by atoms with Gasteiger partial charge in [-0.3, -0.25) is 4.79 Å². The number of aromatic nitrogens is 3. The van der Waals surface area contributed by atoms with Crippen molar-refractivity contribution in [2.45, 2.75) is 63.6 Å². The highest BCUT2D eigenvalue weighted by molar-refractivity contribution is 5.83. The molecule has 0 radical (unpaired) electrons. The van der Waals surface area contributed by atoms with Crippen LogP contribution in [-0.2, 0) is 11.0 Å². The lowest BCUT2D eigenvalue weighted by atomic mass is 9.49. The molecule has 0 spiro atoms. The number of alkyl halides is 3. The number of fused-ring (bicyclic) bond motifs is 1. The predicted octanol–water partition coefficient (Wildman–Crippen LogP) is 4.83. The average molecular weight is 432 g/mol. The summed E-state index contributed by atoms with van der Waals surface area (Å²) < 4.78 is 40.7. The topological polar surface area (TPSA) is 51.0 Å². The number of hydrogen-bond acceptors (Lipinski definition) is 3. The summed E-state index contributed by atoms with van der Waals surface area (Å²) in [6.45, 7) is 1.38. The van der Waals surface area contributed by atoms with Crippen molar-refractivity contribution in [3.63, 3.8) is 0 Å². The SMILES string of the molecule is O=C(N1CCC(n2nnc3cc(C(F)(F)F)ccc32)CC1)C12CC3CC(CC(C3)C1)C2. The molecule has 4 aliphatic carbocycles. The van der Waals surface area contributed by atoms with Gasteiger partial charge in [0.15, 0.2) is 0 Å². The Balaban J connectivity index is 1.16. The number of carbonyl (C=O) groups is 1. The first-order chi connectivity index (χ1) is 14.8. The number of benzene rings is 1. The van der Waals surface area contributed by atoms with Crippen LogP contribution < -0.4 is 0 Å². The van der Waals surface area contributed by atoms with Crippen molar-refractivity contribution in [3.05, 3.63) is 23.8 Å². The van der Waals surface area contributed by atoms with E-state index >= 15 is 0 Å². The third-order valence-electron chi connectivity index (χ3n) is 8.39. The van der Waals surface area contributed by atoms with Gasteiger partial charge in [-0.2, -0.15) is 13.2 Å². The molecule has 2 aromatic rings. The second kappa shape index (κ2) is 6.69. The van der Waals surface area contributed by atoms with Crippen LogP contribution in [0, 0.1) is 23.2 Å². The van der Waals surface area contributed by atoms with E-state index in [1.54, 1.807) is 4.68 Å². The Morgan fingerprint density at radius 1 is 1.00 bits per heavy atom. The van der Waals surface area contributed by atoms with Crippen LogP contribution in [0.1, 0.15) is 63.0 Å². The zero-order chi connectivity index (χ0) is 21.4. The van der Waals surface area contributed by atoms with Crippen molar-refractivity contribution in [1.82, 2.24) is 19.9 Å². The number of hydrogen-bond donors (Lipinski definition) is 0. The second-order valence-electron chi connectivity index (χ2n) is 10.5. The van der Waals surface area contributed by atoms with Gasteiger partial charge in [-0.1, -0.05) is 5.21 Å². The summed E-state index contributed by atoms with van der Waals surface area (Å²) in [5.41, 5.74) is 0.0685. The zero-order valence-corrected chi connectivity index (χ0v) is 17.4. The Hall–Kier alpha value is -2.12. The van der Waals surface area contributed by atoms with Gasteiger partial charge in [0.2, 0.25) is 5.91 Å². The number of amides is 1. The number of nitrogens with zero attached hydrogens (tertiary/aromatic N) is 4. The van der Waals surface area contributed by atoms with Crippen molar-refractivity contribution < 1.29 is 18.0 Å². The third-order valence-corrected chi connectivity index (χ3v) is 8.39. The van der Waals surface area contributed by atoms with Gasteiger partial charge < -0.3 is 4.90 Å². The van der Waals surface area contributed by atoms with E-state index in [9.17, 15) is 18.0 Å². The summed E-state index contributed by atoms with van der Waals surface area (Å²) in [5, 5.41) is 8.14. The molecule has 0 unspecified atom stereocenters. The summed E-state index contributed by atoms with van der Waals surface area (Å²) in [6, 6.07) is 3.67. The molecule has 0 atom stereocenters. The van der Waals surface area contributed by atoms with Gasteiger partial charge in [-0.25, -0.2) is 4.68 Å². The van der Waals surface area contributed by atoms with Gasteiger partial charge in [-0.15, -0.1) is 5.10 Å². The first-order valence-electron chi connectivity index (χ1n) is 11.5. The van der Waals surface area contributed by atoms with Crippen molar-refractivity contribution in [1.29, 1.82) is 0 Å². The van der Waals surface area contributed by atoms with Crippen LogP contribution in [0.15, 0.2) is 18.2 Å². The molecule has 8 heteroatoms. The number of piperidine rings is 1. The van der Waals surface area contributed by atoms with Crippen molar-refractivity contribution in [3.8, 4) is 0 Å². The van der Waals surface area contributed by atoms with E-state index in [0.29, 0.717) is 24.5 Å². The number of halogens is 3. The van der Waals surface area contributed by atoms with Gasteiger partial charge in [0.1, 0.15) is 5.52 Å². The molecule has 4 saturated carbocycles. The molecular weight excluding hydrogens is 405 g/mol. The van der Waals surface area contributed by atoms with Crippen molar-refractivity contribution in [2.24, 2.45) is 23.2 Å². The lowest BCUT2D eigenvalue weighted by Gasteiger charge is -2.57. The maximum atomic E-state index is 13.6. The van der Waals surface area contributed by atoms with E-state index < -0.39 is 11.7 Å². The molecule has 166 valence electrons. The Morgan fingerprint density at radius 2 is 1.61 bits per heavy atom. The minimum Gasteiger partial charge on any atom is -0.342 e. The van der Waals surface area contributed by atoms with E-state index in [1.165, 1.54) is 25.3 Å². The van der Waals surface area contributed by atoms with E-state index in [2.05, 4.69) is 15.2 Å². The highest BCUT2D eigenvalue weighted by Crippen LogP contribution is 2.60. The summed E-state index contributed by atoms with van der Waals surface area (Å²) in [6.07, 6.45) is 4.33. The molecule has 5 aliphatic rings. The van der Waals surface area contributed by atoms with Gasteiger partial charge in [-0.05, 0) is 87.3 Å². The maximum absolute atomic E-state index is 13.6. The molecule has 4 bridgehead atoms. The largest absolute Gasteiger partial charge is 0.416 e. The van der Waals surface area contributed by atoms with Crippen LogP contribution in [0.25, 0.3) is 11.0 Å². The lowest BCUT2D eigenvalue weighted by molar-refractivity contribution is -0.159. The van der Waals surface area contributed by atoms with Crippen LogP contribution in [0.4, 0.5) is 13.2 Å². The first-order valence-corrected chi connectivity index (χ1v) is 11.5. The summed E-state index contributed by atoms with van der Waals surface area (Å²) in [7, 11) is 0. The van der Waals surface area contributed by atoms with Gasteiger partial charge in [0.05, 0.1) is 22.5 Å². The van der Waals surface area contributed by atoms with Crippen LogP contribution in [0.3, 0.4) is 0 Å². The monoisotopic (exact) mass is 432 g/mol. The molecule has 5 fully saturated rings. The molecule has 1 saturated heterocycles. The predicted molar refractivity (Wildman–Crippen MR) is 108 cm³/mol. The fraction of sp³-hybridized carbons (Fsp3) is 0.696. The molecular formula is C23H27F3N4O. The Bertz CT molecular complexity index is 986. The molecule has 0 N–H and O–H groups in total. The van der Waals surface area contributed by atoms with E-state index in [1.807, 2.05) is 0 Å². The van der Waals surface area contributed by atoms with Gasteiger partial charge in [0, 0.05) is 13.1 Å². The summed E-state index contributed by atoms with van der Waals surface area (Å²) in [5.74, 6) is 2.60. The Morgan fingerprint density at radius 3 is 2.19 bits per heavy atom. The van der Waals surface area contributed by atoms with E-state index in [4.69, 9.17) is 0 Å². The highest BCUT2D eigenvalue weighted by atomic mass is 19.4. The third kappa shape index (κ3) is 3.16. The molecule has 1 aromatic heterocycles. The maximum Gasteiger partial charge on any atom is 0.416 e. The minimum atomic E-state index is -4.39. The van der Waals surface area contributed by atoms with Gasteiger partial charge in [0.25, 0.3) is 0 Å². The van der Waals surface area contributed by atoms with Crippen LogP contribution >= 0.6 is 0 Å². The van der Waals surface area contributed by atoms with Gasteiger partial charge >= 0.3 is 6.18 Å². The highest BCUT2D eigenvalue weighted by Gasteiger charge is 2.55. The normalized spacial score (nSPS) is 33.4. The molecule has 1 aromatic carbocycles. The molecule has 1 aliphatic heterocycles. The first kappa shape index (κ1) is 19.6. The molecule has 2 heterocycles. The number of likely N-dealkylation sites (tertiary alicyclic amines) is 1. The van der Waals surface area contributed by atoms with Crippen LogP contribution in [0.5, 0.6) is 0 Å². The van der Waals surface area contributed by atoms with E-state index in [-0.39, 0.29) is 17.0 Å². The Kier molecular flexibility index (Phi) is 4.22. The fourth-order valence-corrected chi connectivity index (χ4v) is 7.41.